The largest absolute Gasteiger partial charge is 0.493 e. The molecule has 7 heteroatoms. The third kappa shape index (κ3) is 3.27. The minimum atomic E-state index is -0.760. The second-order valence-corrected chi connectivity index (χ2v) is 3.14. The third-order valence-corrected chi connectivity index (χ3v) is 2.11. The van der Waals surface area contributed by atoms with Crippen molar-refractivity contribution in [2.75, 3.05) is 21.3 Å². The summed E-state index contributed by atoms with van der Waals surface area (Å²) in [5, 5.41) is 0. The molecule has 18 heavy (non-hydrogen) atoms. The molecule has 2 amide bonds. The fourth-order valence-electron chi connectivity index (χ4n) is 1.21. The van der Waals surface area contributed by atoms with Crippen LogP contribution in [0.1, 0.15) is 10.4 Å². The first kappa shape index (κ1) is 13.6. The van der Waals surface area contributed by atoms with Crippen LogP contribution in [0.15, 0.2) is 18.2 Å². The molecule has 0 spiro atoms. The van der Waals surface area contributed by atoms with Crippen molar-refractivity contribution < 1.29 is 23.8 Å². The van der Waals surface area contributed by atoms with Crippen molar-refractivity contribution in [2.24, 2.45) is 0 Å². The van der Waals surface area contributed by atoms with Gasteiger partial charge in [0.15, 0.2) is 11.5 Å². The lowest BCUT2D eigenvalue weighted by molar-refractivity contribution is 0.0920. The Morgan fingerprint density at radius 2 is 1.67 bits per heavy atom. The Balaban J connectivity index is 2.77. The van der Waals surface area contributed by atoms with E-state index < -0.39 is 12.0 Å². The Bertz CT molecular complexity index is 447. The monoisotopic (exact) mass is 254 g/mol. The van der Waals surface area contributed by atoms with Crippen LogP contribution >= 0.6 is 0 Å². The van der Waals surface area contributed by atoms with Gasteiger partial charge in [-0.25, -0.2) is 10.2 Å². The van der Waals surface area contributed by atoms with Crippen molar-refractivity contribution in [1.82, 2.24) is 10.9 Å². The number of benzene rings is 1. The first-order valence-corrected chi connectivity index (χ1v) is 4.98. The summed E-state index contributed by atoms with van der Waals surface area (Å²) in [6.07, 6.45) is -0.760. The average Bonchev–Trinajstić information content (AvgIpc) is 2.43. The van der Waals surface area contributed by atoms with Crippen LogP contribution in [-0.4, -0.2) is 33.3 Å². The van der Waals surface area contributed by atoms with E-state index in [-0.39, 0.29) is 0 Å². The molecule has 0 radical (unpaired) electrons. The van der Waals surface area contributed by atoms with Gasteiger partial charge in [-0.15, -0.1) is 0 Å². The number of hydrogen-bond acceptors (Lipinski definition) is 5. The summed E-state index contributed by atoms with van der Waals surface area (Å²) in [7, 11) is 4.15. The quantitative estimate of drug-likeness (QED) is 0.776. The SMILES string of the molecule is COC(=O)NNC(=O)c1ccc(OC)c(OC)c1. The van der Waals surface area contributed by atoms with Crippen LogP contribution in [0.2, 0.25) is 0 Å². The summed E-state index contributed by atoms with van der Waals surface area (Å²) in [5.74, 6) is 0.430. The summed E-state index contributed by atoms with van der Waals surface area (Å²) in [6, 6.07) is 4.62. The average molecular weight is 254 g/mol. The molecular weight excluding hydrogens is 240 g/mol. The summed E-state index contributed by atoms with van der Waals surface area (Å²) in [5.41, 5.74) is 4.55. The van der Waals surface area contributed by atoms with Crippen LogP contribution in [0.5, 0.6) is 11.5 Å². The molecule has 98 valence electrons. The highest BCUT2D eigenvalue weighted by Crippen LogP contribution is 2.27. The highest BCUT2D eigenvalue weighted by molar-refractivity contribution is 5.95. The standard InChI is InChI=1S/C11H14N2O5/c1-16-8-5-4-7(6-9(8)17-2)10(14)12-13-11(15)18-3/h4-6H,1-3H3,(H,12,14)(H,13,15). The summed E-state index contributed by atoms with van der Waals surface area (Å²) in [6.45, 7) is 0. The van der Waals surface area contributed by atoms with Gasteiger partial charge in [-0.1, -0.05) is 0 Å². The number of nitrogens with one attached hydrogen (secondary N) is 2. The van der Waals surface area contributed by atoms with Gasteiger partial charge in [0.25, 0.3) is 5.91 Å². The number of hydrazine groups is 1. The molecule has 0 bridgehead atoms. The van der Waals surface area contributed by atoms with Crippen molar-refractivity contribution >= 4 is 12.0 Å². The van der Waals surface area contributed by atoms with Gasteiger partial charge in [0.2, 0.25) is 0 Å². The molecule has 2 N–H and O–H groups in total. The zero-order valence-corrected chi connectivity index (χ0v) is 10.3. The normalized spacial score (nSPS) is 9.28. The molecule has 0 unspecified atom stereocenters. The molecule has 0 aliphatic carbocycles. The van der Waals surface area contributed by atoms with E-state index >= 15 is 0 Å². The maximum Gasteiger partial charge on any atom is 0.425 e. The van der Waals surface area contributed by atoms with Gasteiger partial charge in [0, 0.05) is 5.56 Å². The van der Waals surface area contributed by atoms with Gasteiger partial charge in [-0.3, -0.25) is 10.2 Å². The van der Waals surface area contributed by atoms with Crippen molar-refractivity contribution in [3.8, 4) is 11.5 Å². The summed E-state index contributed by atoms with van der Waals surface area (Å²) < 4.78 is 14.4. The first-order valence-electron chi connectivity index (χ1n) is 4.98. The van der Waals surface area contributed by atoms with E-state index in [0.717, 1.165) is 0 Å². The molecule has 0 fully saturated rings. The molecule has 0 aromatic heterocycles. The molecule has 0 atom stereocenters. The molecule has 1 aromatic carbocycles. The van der Waals surface area contributed by atoms with Gasteiger partial charge in [0.1, 0.15) is 0 Å². The second-order valence-electron chi connectivity index (χ2n) is 3.14. The Kier molecular flexibility index (Phi) is 4.79. The predicted octanol–water partition coefficient (Wildman–Crippen LogP) is 0.705. The second kappa shape index (κ2) is 6.33. The number of ether oxygens (including phenoxy) is 3. The first-order chi connectivity index (χ1) is 8.62. The van der Waals surface area contributed by atoms with Crippen molar-refractivity contribution in [2.45, 2.75) is 0 Å². The zero-order chi connectivity index (χ0) is 13.5. The maximum atomic E-state index is 11.7. The van der Waals surface area contributed by atoms with Crippen molar-refractivity contribution in [3.63, 3.8) is 0 Å². The number of carbonyl (C=O) groups is 2. The Morgan fingerprint density at radius 3 is 2.22 bits per heavy atom. The molecule has 7 nitrogen and oxygen atoms in total. The molecule has 0 aliphatic rings. The van der Waals surface area contributed by atoms with Crippen LogP contribution in [0.25, 0.3) is 0 Å². The molecule has 0 saturated carbocycles. The number of hydrogen-bond donors (Lipinski definition) is 2. The van der Waals surface area contributed by atoms with Gasteiger partial charge in [-0.05, 0) is 18.2 Å². The van der Waals surface area contributed by atoms with E-state index in [4.69, 9.17) is 9.47 Å². The van der Waals surface area contributed by atoms with E-state index in [2.05, 4.69) is 15.6 Å². The molecule has 1 aromatic rings. The molecule has 0 aliphatic heterocycles. The topological polar surface area (TPSA) is 85.9 Å². The smallest absolute Gasteiger partial charge is 0.425 e. The molecular formula is C11H14N2O5. The van der Waals surface area contributed by atoms with E-state index in [1.54, 1.807) is 6.07 Å². The van der Waals surface area contributed by atoms with Crippen LogP contribution < -0.4 is 20.3 Å². The van der Waals surface area contributed by atoms with Crippen LogP contribution in [0.3, 0.4) is 0 Å². The van der Waals surface area contributed by atoms with E-state index in [0.29, 0.717) is 17.1 Å². The third-order valence-electron chi connectivity index (χ3n) is 2.11. The van der Waals surface area contributed by atoms with Crippen molar-refractivity contribution in [3.05, 3.63) is 23.8 Å². The van der Waals surface area contributed by atoms with Gasteiger partial charge in [0.05, 0.1) is 21.3 Å². The molecule has 0 heterocycles. The molecule has 1 rings (SSSR count). The van der Waals surface area contributed by atoms with Crippen LogP contribution in [0.4, 0.5) is 4.79 Å². The Labute approximate surface area is 104 Å². The number of amides is 2. The number of carbonyl (C=O) groups excluding carboxylic acids is 2. The number of rotatable bonds is 3. The highest BCUT2D eigenvalue weighted by Gasteiger charge is 2.11. The summed E-state index contributed by atoms with van der Waals surface area (Å²) in [4.78, 5) is 22.4. The zero-order valence-electron chi connectivity index (χ0n) is 10.3. The van der Waals surface area contributed by atoms with E-state index in [9.17, 15) is 9.59 Å². The van der Waals surface area contributed by atoms with Gasteiger partial charge >= 0.3 is 6.09 Å². The minimum absolute atomic E-state index is 0.309. The fourth-order valence-corrected chi connectivity index (χ4v) is 1.21. The lowest BCUT2D eigenvalue weighted by atomic mass is 10.2. The van der Waals surface area contributed by atoms with Gasteiger partial charge < -0.3 is 14.2 Å². The minimum Gasteiger partial charge on any atom is -0.493 e. The fraction of sp³-hybridized carbons (Fsp3) is 0.273. The lowest BCUT2D eigenvalue weighted by Crippen LogP contribution is -2.41. The number of methoxy groups -OCH3 is 3. The van der Waals surface area contributed by atoms with Crippen LogP contribution in [-0.2, 0) is 4.74 Å². The highest BCUT2D eigenvalue weighted by atomic mass is 16.5. The van der Waals surface area contributed by atoms with E-state index in [1.807, 2.05) is 0 Å². The van der Waals surface area contributed by atoms with E-state index in [1.165, 1.54) is 33.5 Å². The molecule has 0 saturated heterocycles. The Morgan fingerprint density at radius 1 is 1.00 bits per heavy atom. The van der Waals surface area contributed by atoms with Crippen LogP contribution in [0, 0.1) is 0 Å². The van der Waals surface area contributed by atoms with Crippen molar-refractivity contribution in [1.29, 1.82) is 0 Å². The predicted molar refractivity (Wildman–Crippen MR) is 62.6 cm³/mol. The lowest BCUT2D eigenvalue weighted by Gasteiger charge is -2.10. The Hall–Kier alpha value is -2.44. The van der Waals surface area contributed by atoms with Gasteiger partial charge in [-0.2, -0.15) is 0 Å². The summed E-state index contributed by atoms with van der Waals surface area (Å²) >= 11 is 0. The maximum absolute atomic E-state index is 11.7.